The average molecular weight is 300 g/mol. The molecule has 1 saturated heterocycles. The highest BCUT2D eigenvalue weighted by Gasteiger charge is 2.30. The molecule has 1 aliphatic rings. The van der Waals surface area contributed by atoms with Crippen LogP contribution >= 0.6 is 11.8 Å². The highest BCUT2D eigenvalue weighted by atomic mass is 32.2. The van der Waals surface area contributed by atoms with Crippen molar-refractivity contribution in [3.05, 3.63) is 12.7 Å². The zero-order chi connectivity index (χ0) is 14.8. The van der Waals surface area contributed by atoms with Crippen LogP contribution in [-0.2, 0) is 14.4 Å². The van der Waals surface area contributed by atoms with E-state index in [-0.39, 0.29) is 18.0 Å². The lowest BCUT2D eigenvalue weighted by Gasteiger charge is -2.23. The van der Waals surface area contributed by atoms with Crippen molar-refractivity contribution in [2.75, 3.05) is 11.6 Å². The van der Waals surface area contributed by atoms with Crippen molar-refractivity contribution in [2.24, 2.45) is 0 Å². The van der Waals surface area contributed by atoms with E-state index < -0.39 is 0 Å². The van der Waals surface area contributed by atoms with Gasteiger partial charge in [-0.3, -0.25) is 9.59 Å². The Bertz CT molecular complexity index is 336. The number of carbonyl (C=O) groups is 2. The summed E-state index contributed by atoms with van der Waals surface area (Å²) in [7, 11) is 0. The fourth-order valence-electron chi connectivity index (χ4n) is 1.97. The molecule has 0 aromatic carbocycles. The van der Waals surface area contributed by atoms with Crippen LogP contribution in [0.2, 0.25) is 0 Å². The van der Waals surface area contributed by atoms with Crippen LogP contribution in [0.25, 0.3) is 0 Å². The molecular weight excluding hydrogens is 276 g/mol. The molecule has 1 unspecified atom stereocenters. The van der Waals surface area contributed by atoms with Gasteiger partial charge in [0.25, 0.3) is 0 Å². The summed E-state index contributed by atoms with van der Waals surface area (Å²) < 4.78 is 0. The molecule has 1 rings (SSSR count). The van der Waals surface area contributed by atoms with Crippen LogP contribution < -0.4 is 5.48 Å². The van der Waals surface area contributed by atoms with Gasteiger partial charge in [0.1, 0.15) is 0 Å². The summed E-state index contributed by atoms with van der Waals surface area (Å²) in [4.78, 5) is 29.8. The van der Waals surface area contributed by atoms with E-state index in [9.17, 15) is 9.59 Å². The van der Waals surface area contributed by atoms with E-state index in [1.807, 2.05) is 6.08 Å². The van der Waals surface area contributed by atoms with Gasteiger partial charge in [0.05, 0.1) is 5.88 Å². The molecule has 1 fully saturated rings. The Morgan fingerprint density at radius 3 is 2.85 bits per heavy atom. The summed E-state index contributed by atoms with van der Waals surface area (Å²) in [6.45, 7) is 5.08. The standard InChI is InChI=1S/C14H24N2O3S/c1-3-4-5-6-7-8-9-13(18)16-11-20-10-14(16)19-15-12(2)17/h3,14H,1,4-11H2,2H3,(H,15,17). The second-order valence-corrected chi connectivity index (χ2v) is 5.84. The molecule has 0 aliphatic carbocycles. The normalized spacial score (nSPS) is 18.1. The molecule has 0 bridgehead atoms. The van der Waals surface area contributed by atoms with Crippen LogP contribution in [0.15, 0.2) is 12.7 Å². The third kappa shape index (κ3) is 6.43. The third-order valence-electron chi connectivity index (χ3n) is 3.05. The molecule has 0 spiro atoms. The fraction of sp³-hybridized carbons (Fsp3) is 0.714. The second-order valence-electron chi connectivity index (χ2n) is 4.84. The number of unbranched alkanes of at least 4 members (excludes halogenated alkanes) is 4. The topological polar surface area (TPSA) is 58.6 Å². The monoisotopic (exact) mass is 300 g/mol. The van der Waals surface area contributed by atoms with E-state index in [0.29, 0.717) is 18.1 Å². The summed E-state index contributed by atoms with van der Waals surface area (Å²) in [5, 5.41) is 0. The van der Waals surface area contributed by atoms with Crippen molar-refractivity contribution in [2.45, 2.75) is 51.7 Å². The average Bonchev–Trinajstić information content (AvgIpc) is 2.88. The number of allylic oxidation sites excluding steroid dienone is 1. The number of thioether (sulfide) groups is 1. The van der Waals surface area contributed by atoms with E-state index in [2.05, 4.69) is 12.1 Å². The molecule has 0 saturated carbocycles. The van der Waals surface area contributed by atoms with Gasteiger partial charge in [-0.1, -0.05) is 18.9 Å². The molecule has 1 N–H and O–H groups in total. The summed E-state index contributed by atoms with van der Waals surface area (Å²) in [5.41, 5.74) is 2.31. The fourth-order valence-corrected chi connectivity index (χ4v) is 3.03. The zero-order valence-corrected chi connectivity index (χ0v) is 12.9. The molecule has 114 valence electrons. The van der Waals surface area contributed by atoms with E-state index in [1.165, 1.54) is 6.92 Å². The molecule has 1 atom stereocenters. The maximum atomic E-state index is 12.1. The van der Waals surface area contributed by atoms with Gasteiger partial charge in [0.2, 0.25) is 11.8 Å². The quantitative estimate of drug-likeness (QED) is 0.404. The molecule has 2 amide bonds. The number of nitrogens with zero attached hydrogens (tertiary/aromatic N) is 1. The summed E-state index contributed by atoms with van der Waals surface area (Å²) in [5.74, 6) is 1.19. The van der Waals surface area contributed by atoms with Crippen molar-refractivity contribution in [1.82, 2.24) is 10.4 Å². The Morgan fingerprint density at radius 1 is 1.40 bits per heavy atom. The first-order valence-electron chi connectivity index (χ1n) is 7.05. The smallest absolute Gasteiger partial charge is 0.240 e. The van der Waals surface area contributed by atoms with Crippen molar-refractivity contribution in [3.63, 3.8) is 0 Å². The Hall–Kier alpha value is -1.01. The van der Waals surface area contributed by atoms with Crippen LogP contribution in [0, 0.1) is 0 Å². The minimum absolute atomic E-state index is 0.106. The van der Waals surface area contributed by atoms with Crippen LogP contribution in [-0.4, -0.2) is 34.6 Å². The Morgan fingerprint density at radius 2 is 2.15 bits per heavy atom. The van der Waals surface area contributed by atoms with Gasteiger partial charge in [-0.2, -0.15) is 0 Å². The first-order valence-corrected chi connectivity index (χ1v) is 8.21. The highest BCUT2D eigenvalue weighted by Crippen LogP contribution is 2.22. The highest BCUT2D eigenvalue weighted by molar-refractivity contribution is 7.99. The molecular formula is C14H24N2O3S. The first-order chi connectivity index (χ1) is 9.65. The molecule has 0 aromatic rings. The minimum atomic E-state index is -0.336. The largest absolute Gasteiger partial charge is 0.305 e. The molecule has 1 aliphatic heterocycles. The second kappa shape index (κ2) is 9.83. The van der Waals surface area contributed by atoms with Gasteiger partial charge in [-0.15, -0.1) is 18.3 Å². The summed E-state index contributed by atoms with van der Waals surface area (Å²) in [6, 6.07) is 0. The Kier molecular flexibility index (Phi) is 8.37. The molecule has 5 nitrogen and oxygen atoms in total. The van der Waals surface area contributed by atoms with E-state index in [1.54, 1.807) is 16.7 Å². The number of amides is 2. The van der Waals surface area contributed by atoms with Gasteiger partial charge in [0.15, 0.2) is 6.23 Å². The Balaban J connectivity index is 2.20. The maximum absolute atomic E-state index is 12.1. The Labute approximate surface area is 125 Å². The van der Waals surface area contributed by atoms with Crippen molar-refractivity contribution >= 4 is 23.6 Å². The van der Waals surface area contributed by atoms with E-state index in [4.69, 9.17) is 4.84 Å². The van der Waals surface area contributed by atoms with E-state index >= 15 is 0 Å². The number of hydrogen-bond donors (Lipinski definition) is 1. The summed E-state index contributed by atoms with van der Waals surface area (Å²) in [6.07, 6.45) is 7.44. The predicted molar refractivity (Wildman–Crippen MR) is 80.8 cm³/mol. The lowest BCUT2D eigenvalue weighted by atomic mass is 10.1. The maximum Gasteiger partial charge on any atom is 0.240 e. The number of hydroxylamine groups is 1. The van der Waals surface area contributed by atoms with Crippen molar-refractivity contribution < 1.29 is 14.4 Å². The van der Waals surface area contributed by atoms with E-state index in [0.717, 1.165) is 32.1 Å². The number of hydrogen-bond acceptors (Lipinski definition) is 4. The van der Waals surface area contributed by atoms with Gasteiger partial charge >= 0.3 is 0 Å². The molecule has 1 heterocycles. The summed E-state index contributed by atoms with van der Waals surface area (Å²) >= 11 is 1.64. The molecule has 20 heavy (non-hydrogen) atoms. The molecule has 6 heteroatoms. The zero-order valence-electron chi connectivity index (χ0n) is 12.1. The van der Waals surface area contributed by atoms with Crippen LogP contribution in [0.5, 0.6) is 0 Å². The minimum Gasteiger partial charge on any atom is -0.305 e. The lowest BCUT2D eigenvalue weighted by molar-refractivity contribution is -0.156. The number of nitrogens with one attached hydrogen (secondary N) is 1. The van der Waals surface area contributed by atoms with Crippen molar-refractivity contribution in [1.29, 1.82) is 0 Å². The van der Waals surface area contributed by atoms with Gasteiger partial charge < -0.3 is 4.90 Å². The lowest BCUT2D eigenvalue weighted by Crippen LogP contribution is -2.42. The predicted octanol–water partition coefficient (Wildman–Crippen LogP) is 2.44. The number of rotatable bonds is 9. The van der Waals surface area contributed by atoms with Crippen LogP contribution in [0.3, 0.4) is 0 Å². The number of carbonyl (C=O) groups excluding carboxylic acids is 2. The van der Waals surface area contributed by atoms with Gasteiger partial charge in [-0.05, 0) is 19.3 Å². The molecule has 0 radical (unpaired) electrons. The first kappa shape index (κ1) is 17.0. The molecule has 0 aromatic heterocycles. The third-order valence-corrected chi connectivity index (χ3v) is 4.03. The van der Waals surface area contributed by atoms with Gasteiger partial charge in [-0.25, -0.2) is 10.3 Å². The van der Waals surface area contributed by atoms with Crippen molar-refractivity contribution in [3.8, 4) is 0 Å². The van der Waals surface area contributed by atoms with Crippen LogP contribution in [0.1, 0.15) is 45.4 Å². The van der Waals surface area contributed by atoms with Crippen LogP contribution in [0.4, 0.5) is 0 Å². The van der Waals surface area contributed by atoms with Gasteiger partial charge in [0, 0.05) is 19.1 Å². The SMILES string of the molecule is C=CCCCCCCC(=O)N1CSCC1ONC(C)=O.